The van der Waals surface area contributed by atoms with Gasteiger partial charge in [0.15, 0.2) is 0 Å². The number of rotatable bonds is 3. The quantitative estimate of drug-likeness (QED) is 0.805. The molecule has 0 radical (unpaired) electrons. The van der Waals surface area contributed by atoms with Gasteiger partial charge in [-0.2, -0.15) is 0 Å². The van der Waals surface area contributed by atoms with Crippen LogP contribution in [0.1, 0.15) is 17.0 Å². The van der Waals surface area contributed by atoms with Crippen LogP contribution in [0.25, 0.3) is 10.9 Å². The molecule has 0 aliphatic carbocycles. The number of aromatic nitrogens is 2. The zero-order valence-electron chi connectivity index (χ0n) is 13.1. The third kappa shape index (κ3) is 2.72. The summed E-state index contributed by atoms with van der Waals surface area (Å²) in [5.74, 6) is -0.0230. The number of nitrogens with zero attached hydrogens (tertiary/aromatic N) is 2. The molecule has 0 unspecified atom stereocenters. The first-order chi connectivity index (χ1) is 10.5. The van der Waals surface area contributed by atoms with E-state index in [0.717, 1.165) is 33.5 Å². The molecule has 3 rings (SSSR count). The lowest BCUT2D eigenvalue weighted by molar-refractivity contribution is -0.115. The van der Waals surface area contributed by atoms with Crippen LogP contribution in [0.4, 0.5) is 5.69 Å². The van der Waals surface area contributed by atoms with Crippen molar-refractivity contribution in [3.05, 3.63) is 59.5 Å². The molecular weight excluding hydrogens is 274 g/mol. The van der Waals surface area contributed by atoms with Gasteiger partial charge in [0.25, 0.3) is 0 Å². The summed E-state index contributed by atoms with van der Waals surface area (Å²) in [6, 6.07) is 11.9. The van der Waals surface area contributed by atoms with Gasteiger partial charge >= 0.3 is 0 Å². The summed E-state index contributed by atoms with van der Waals surface area (Å²) >= 11 is 0. The number of hydrogen-bond donors (Lipinski definition) is 1. The first kappa shape index (κ1) is 14.3. The van der Waals surface area contributed by atoms with Crippen LogP contribution in [0.2, 0.25) is 0 Å². The predicted molar refractivity (Wildman–Crippen MR) is 89.0 cm³/mol. The summed E-state index contributed by atoms with van der Waals surface area (Å²) in [6.45, 7) is 3.84. The molecule has 3 aromatic rings. The second-order valence-electron chi connectivity index (χ2n) is 5.59. The van der Waals surface area contributed by atoms with Gasteiger partial charge in [-0.15, -0.1) is 0 Å². The van der Waals surface area contributed by atoms with E-state index in [4.69, 9.17) is 0 Å². The van der Waals surface area contributed by atoms with Crippen molar-refractivity contribution < 1.29 is 4.79 Å². The monoisotopic (exact) mass is 293 g/mol. The summed E-state index contributed by atoms with van der Waals surface area (Å²) in [5.41, 5.74) is 4.73. The van der Waals surface area contributed by atoms with Gasteiger partial charge < -0.3 is 9.88 Å². The Morgan fingerprint density at radius 2 is 1.95 bits per heavy atom. The number of benzene rings is 1. The van der Waals surface area contributed by atoms with Crippen molar-refractivity contribution in [3.8, 4) is 0 Å². The van der Waals surface area contributed by atoms with E-state index in [0.29, 0.717) is 6.42 Å². The second kappa shape index (κ2) is 5.64. The lowest BCUT2D eigenvalue weighted by Gasteiger charge is -2.08. The highest BCUT2D eigenvalue weighted by Gasteiger charge is 2.11. The van der Waals surface area contributed by atoms with Crippen LogP contribution in [-0.4, -0.2) is 15.5 Å². The van der Waals surface area contributed by atoms with Crippen molar-refractivity contribution in [3.63, 3.8) is 0 Å². The molecule has 4 heteroatoms. The molecule has 0 aliphatic rings. The average Bonchev–Trinajstić information content (AvgIpc) is 2.79. The molecule has 4 nitrogen and oxygen atoms in total. The minimum absolute atomic E-state index is 0.0230. The Hall–Kier alpha value is -2.62. The predicted octanol–water partition coefficient (Wildman–Crippen LogP) is 3.37. The zero-order chi connectivity index (χ0) is 15.7. The molecule has 1 aromatic carbocycles. The van der Waals surface area contributed by atoms with Crippen molar-refractivity contribution in [2.75, 3.05) is 5.32 Å². The molecule has 0 atom stereocenters. The van der Waals surface area contributed by atoms with Crippen LogP contribution in [0.15, 0.2) is 42.6 Å². The van der Waals surface area contributed by atoms with E-state index in [9.17, 15) is 4.79 Å². The van der Waals surface area contributed by atoms with E-state index in [2.05, 4.69) is 27.0 Å². The Labute approximate surface area is 129 Å². The maximum atomic E-state index is 12.3. The number of para-hydroxylation sites is 1. The molecule has 22 heavy (non-hydrogen) atoms. The number of hydrogen-bond acceptors (Lipinski definition) is 2. The van der Waals surface area contributed by atoms with E-state index in [1.165, 1.54) is 0 Å². The minimum atomic E-state index is -0.0230. The number of amides is 1. The van der Waals surface area contributed by atoms with Crippen LogP contribution in [0, 0.1) is 13.8 Å². The Morgan fingerprint density at radius 1 is 1.18 bits per heavy atom. The van der Waals surface area contributed by atoms with Gasteiger partial charge in [0, 0.05) is 29.8 Å². The summed E-state index contributed by atoms with van der Waals surface area (Å²) in [5, 5.41) is 4.07. The Morgan fingerprint density at radius 3 is 2.73 bits per heavy atom. The van der Waals surface area contributed by atoms with Gasteiger partial charge in [0.1, 0.15) is 0 Å². The normalized spacial score (nSPS) is 10.9. The fourth-order valence-corrected chi connectivity index (χ4v) is 2.75. The minimum Gasteiger partial charge on any atom is -0.350 e. The molecule has 112 valence electrons. The third-order valence-electron chi connectivity index (χ3n) is 3.83. The lowest BCUT2D eigenvalue weighted by atomic mass is 10.1. The number of aryl methyl sites for hydroxylation is 3. The van der Waals surface area contributed by atoms with E-state index < -0.39 is 0 Å². The Bertz CT molecular complexity index is 849. The molecule has 0 aliphatic heterocycles. The van der Waals surface area contributed by atoms with Crippen molar-refractivity contribution in [2.24, 2.45) is 7.05 Å². The molecule has 1 amide bonds. The highest BCUT2D eigenvalue weighted by molar-refractivity contribution is 5.96. The molecular formula is C18H19N3O. The SMILES string of the molecule is Cc1ccc(NC(=O)Cc2cn(C)c3ccccc23)c(C)n1. The van der Waals surface area contributed by atoms with Crippen LogP contribution in [0.3, 0.4) is 0 Å². The Balaban J connectivity index is 1.81. The van der Waals surface area contributed by atoms with Gasteiger partial charge in [-0.25, -0.2) is 0 Å². The highest BCUT2D eigenvalue weighted by Crippen LogP contribution is 2.21. The second-order valence-corrected chi connectivity index (χ2v) is 5.59. The Kier molecular flexibility index (Phi) is 3.67. The van der Waals surface area contributed by atoms with Gasteiger partial charge in [0.2, 0.25) is 5.91 Å². The number of fused-ring (bicyclic) bond motifs is 1. The van der Waals surface area contributed by atoms with Crippen molar-refractivity contribution in [1.29, 1.82) is 0 Å². The molecule has 1 N–H and O–H groups in total. The van der Waals surface area contributed by atoms with E-state index in [1.807, 2.05) is 51.4 Å². The van der Waals surface area contributed by atoms with Crippen LogP contribution < -0.4 is 5.32 Å². The summed E-state index contributed by atoms with van der Waals surface area (Å²) in [7, 11) is 2.00. The van der Waals surface area contributed by atoms with Gasteiger partial charge in [-0.1, -0.05) is 18.2 Å². The van der Waals surface area contributed by atoms with Crippen molar-refractivity contribution in [1.82, 2.24) is 9.55 Å². The standard InChI is InChI=1S/C18H19N3O/c1-12-8-9-16(13(2)19-12)20-18(22)10-14-11-21(3)17-7-5-4-6-15(14)17/h4-9,11H,10H2,1-3H3,(H,20,22). The number of pyridine rings is 1. The van der Waals surface area contributed by atoms with Crippen molar-refractivity contribution >= 4 is 22.5 Å². The number of carbonyl (C=O) groups is 1. The van der Waals surface area contributed by atoms with Crippen molar-refractivity contribution in [2.45, 2.75) is 20.3 Å². The lowest BCUT2D eigenvalue weighted by Crippen LogP contribution is -2.15. The van der Waals surface area contributed by atoms with Gasteiger partial charge in [0.05, 0.1) is 17.8 Å². The molecule has 0 spiro atoms. The fourth-order valence-electron chi connectivity index (χ4n) is 2.75. The molecule has 0 saturated carbocycles. The van der Waals surface area contributed by atoms with Crippen LogP contribution in [0.5, 0.6) is 0 Å². The average molecular weight is 293 g/mol. The van der Waals surface area contributed by atoms with E-state index in [1.54, 1.807) is 0 Å². The number of anilines is 1. The zero-order valence-corrected chi connectivity index (χ0v) is 13.1. The molecule has 0 bridgehead atoms. The van der Waals surface area contributed by atoms with E-state index >= 15 is 0 Å². The smallest absolute Gasteiger partial charge is 0.228 e. The molecule has 0 saturated heterocycles. The number of carbonyl (C=O) groups excluding carboxylic acids is 1. The summed E-state index contributed by atoms with van der Waals surface area (Å²) in [4.78, 5) is 16.7. The topological polar surface area (TPSA) is 46.9 Å². The third-order valence-corrected chi connectivity index (χ3v) is 3.83. The fraction of sp³-hybridized carbons (Fsp3) is 0.222. The molecule has 0 fully saturated rings. The largest absolute Gasteiger partial charge is 0.350 e. The summed E-state index contributed by atoms with van der Waals surface area (Å²) < 4.78 is 2.05. The van der Waals surface area contributed by atoms with Crippen LogP contribution >= 0.6 is 0 Å². The molecule has 2 heterocycles. The first-order valence-electron chi connectivity index (χ1n) is 7.31. The summed E-state index contributed by atoms with van der Waals surface area (Å²) in [6.07, 6.45) is 2.37. The maximum Gasteiger partial charge on any atom is 0.228 e. The number of nitrogens with one attached hydrogen (secondary N) is 1. The van der Waals surface area contributed by atoms with E-state index in [-0.39, 0.29) is 5.91 Å². The molecule has 2 aromatic heterocycles. The first-order valence-corrected chi connectivity index (χ1v) is 7.31. The van der Waals surface area contributed by atoms with Gasteiger partial charge in [-0.3, -0.25) is 9.78 Å². The highest BCUT2D eigenvalue weighted by atomic mass is 16.1. The maximum absolute atomic E-state index is 12.3. The van der Waals surface area contributed by atoms with Gasteiger partial charge in [-0.05, 0) is 37.6 Å². The van der Waals surface area contributed by atoms with Crippen LogP contribution in [-0.2, 0) is 18.3 Å².